The van der Waals surface area contributed by atoms with Crippen molar-refractivity contribution in [2.45, 2.75) is 64.6 Å². The molecule has 4 rings (SSSR count). The van der Waals surface area contributed by atoms with Gasteiger partial charge in [-0.15, -0.1) is 0 Å². The van der Waals surface area contributed by atoms with Gasteiger partial charge in [0.1, 0.15) is 6.54 Å². The molecule has 2 aliphatic heterocycles. The Bertz CT molecular complexity index is 1070. The number of hydrogen-bond acceptors (Lipinski definition) is 6. The Kier molecular flexibility index (Phi) is 7.38. The number of carbonyl (C=O) groups excluding carboxylic acids is 2. The zero-order valence-electron chi connectivity index (χ0n) is 20.0. The van der Waals surface area contributed by atoms with Crippen LogP contribution < -0.4 is 10.6 Å². The number of nitrogens with zero attached hydrogens (tertiary/aromatic N) is 3. The van der Waals surface area contributed by atoms with E-state index in [2.05, 4.69) is 27.5 Å². The molecule has 34 heavy (non-hydrogen) atoms. The lowest BCUT2D eigenvalue weighted by atomic mass is 9.99. The number of amides is 2. The van der Waals surface area contributed by atoms with Gasteiger partial charge in [-0.3, -0.25) is 9.59 Å². The summed E-state index contributed by atoms with van der Waals surface area (Å²) in [6.07, 6.45) is 5.22. The van der Waals surface area contributed by atoms with Gasteiger partial charge in [-0.2, -0.15) is 0 Å². The van der Waals surface area contributed by atoms with Crippen molar-refractivity contribution < 1.29 is 14.3 Å². The maximum Gasteiger partial charge on any atom is 0.254 e. The van der Waals surface area contributed by atoms with E-state index >= 15 is 0 Å². The van der Waals surface area contributed by atoms with Crippen molar-refractivity contribution in [3.63, 3.8) is 0 Å². The molecule has 1 aromatic heterocycles. The van der Waals surface area contributed by atoms with Crippen molar-refractivity contribution in [1.29, 1.82) is 0 Å². The third-order valence-corrected chi connectivity index (χ3v) is 6.52. The molecule has 0 radical (unpaired) electrons. The van der Waals surface area contributed by atoms with Crippen LogP contribution in [0.25, 0.3) is 11.3 Å². The molecule has 3 heterocycles. The van der Waals surface area contributed by atoms with Gasteiger partial charge >= 0.3 is 0 Å². The fourth-order valence-electron chi connectivity index (χ4n) is 4.58. The first-order valence-electron chi connectivity index (χ1n) is 11.9. The molecule has 0 spiro atoms. The molecule has 2 aliphatic rings. The van der Waals surface area contributed by atoms with Crippen LogP contribution in [-0.4, -0.2) is 58.0 Å². The molecule has 2 amide bonds. The highest BCUT2D eigenvalue weighted by molar-refractivity contribution is 6.33. The lowest BCUT2D eigenvalue weighted by Crippen LogP contribution is -2.47. The third kappa shape index (κ3) is 5.67. The second kappa shape index (κ2) is 10.3. The minimum atomic E-state index is -0.297. The van der Waals surface area contributed by atoms with E-state index in [1.807, 2.05) is 32.0 Å². The number of carbonyl (C=O) groups is 2. The van der Waals surface area contributed by atoms with Crippen molar-refractivity contribution in [1.82, 2.24) is 20.2 Å². The first kappa shape index (κ1) is 24.4. The van der Waals surface area contributed by atoms with E-state index in [0.717, 1.165) is 50.0 Å². The molecule has 0 unspecified atom stereocenters. The number of aromatic nitrogens is 2. The standard InChI is InChI=1S/C25H32ClN5O3/c1-4-9-25(2,3)30-21(32)15-31-14-17-6-5-16(12-19(17)23(31)33)22-20(26)13-27-24(29-22)28-18-7-10-34-11-8-18/h5-6,12-13,18H,4,7-11,14-15H2,1-3H3,(H,30,32)(H,27,28,29). The molecule has 2 aromatic rings. The normalized spacial score (nSPS) is 16.5. The summed E-state index contributed by atoms with van der Waals surface area (Å²) in [6, 6.07) is 5.88. The topological polar surface area (TPSA) is 96.5 Å². The van der Waals surface area contributed by atoms with Crippen molar-refractivity contribution in [2.75, 3.05) is 25.1 Å². The Morgan fingerprint density at radius 3 is 2.79 bits per heavy atom. The van der Waals surface area contributed by atoms with Gasteiger partial charge < -0.3 is 20.3 Å². The molecule has 1 fully saturated rings. The van der Waals surface area contributed by atoms with Gasteiger partial charge in [0.15, 0.2) is 0 Å². The minimum absolute atomic E-state index is 0.0312. The summed E-state index contributed by atoms with van der Waals surface area (Å²) < 4.78 is 5.41. The number of ether oxygens (including phenoxy) is 1. The number of nitrogens with one attached hydrogen (secondary N) is 2. The highest BCUT2D eigenvalue weighted by Crippen LogP contribution is 2.31. The monoisotopic (exact) mass is 485 g/mol. The smallest absolute Gasteiger partial charge is 0.254 e. The second-order valence-corrected chi connectivity index (χ2v) is 10.0. The Labute approximate surface area is 205 Å². The van der Waals surface area contributed by atoms with Gasteiger partial charge in [-0.1, -0.05) is 37.1 Å². The van der Waals surface area contributed by atoms with Crippen LogP contribution >= 0.6 is 11.6 Å². The van der Waals surface area contributed by atoms with Gasteiger partial charge in [0.05, 0.1) is 16.9 Å². The highest BCUT2D eigenvalue weighted by Gasteiger charge is 2.30. The number of halogens is 1. The summed E-state index contributed by atoms with van der Waals surface area (Å²) >= 11 is 6.42. The lowest BCUT2D eigenvalue weighted by molar-refractivity contribution is -0.123. The molecule has 8 nitrogen and oxygen atoms in total. The lowest BCUT2D eigenvalue weighted by Gasteiger charge is -2.27. The largest absolute Gasteiger partial charge is 0.381 e. The Morgan fingerprint density at radius 1 is 1.29 bits per heavy atom. The number of hydrogen-bond donors (Lipinski definition) is 2. The number of anilines is 1. The van der Waals surface area contributed by atoms with Crippen LogP contribution in [0.2, 0.25) is 5.02 Å². The molecule has 1 aromatic carbocycles. The predicted molar refractivity (Wildman–Crippen MR) is 132 cm³/mol. The van der Waals surface area contributed by atoms with Crippen molar-refractivity contribution in [2.24, 2.45) is 0 Å². The maximum atomic E-state index is 13.1. The third-order valence-electron chi connectivity index (χ3n) is 6.25. The van der Waals surface area contributed by atoms with Crippen LogP contribution in [0.1, 0.15) is 62.4 Å². The van der Waals surface area contributed by atoms with Crippen molar-refractivity contribution in [3.8, 4) is 11.3 Å². The van der Waals surface area contributed by atoms with E-state index in [1.165, 1.54) is 0 Å². The van der Waals surface area contributed by atoms with E-state index < -0.39 is 0 Å². The van der Waals surface area contributed by atoms with E-state index in [-0.39, 0.29) is 29.9 Å². The fourth-order valence-corrected chi connectivity index (χ4v) is 4.78. The number of fused-ring (bicyclic) bond motifs is 1. The molecule has 182 valence electrons. The summed E-state index contributed by atoms with van der Waals surface area (Å²) in [6.45, 7) is 7.95. The highest BCUT2D eigenvalue weighted by atomic mass is 35.5. The van der Waals surface area contributed by atoms with Crippen LogP contribution in [0.5, 0.6) is 0 Å². The average molecular weight is 486 g/mol. The molecule has 1 saturated heterocycles. The summed E-state index contributed by atoms with van der Waals surface area (Å²) in [7, 11) is 0. The van der Waals surface area contributed by atoms with E-state index in [4.69, 9.17) is 16.3 Å². The zero-order chi connectivity index (χ0) is 24.3. The fraction of sp³-hybridized carbons (Fsp3) is 0.520. The molecule has 0 bridgehead atoms. The zero-order valence-corrected chi connectivity index (χ0v) is 20.7. The van der Waals surface area contributed by atoms with Crippen LogP contribution in [0, 0.1) is 0 Å². The minimum Gasteiger partial charge on any atom is -0.381 e. The maximum absolute atomic E-state index is 13.1. The molecule has 9 heteroatoms. The molecule has 0 atom stereocenters. The van der Waals surface area contributed by atoms with Gasteiger partial charge in [0.2, 0.25) is 11.9 Å². The Hall–Kier alpha value is -2.71. The summed E-state index contributed by atoms with van der Waals surface area (Å²) in [5.41, 5.74) is 2.48. The number of rotatable bonds is 8. The van der Waals surface area contributed by atoms with E-state index in [1.54, 1.807) is 11.1 Å². The Balaban J connectivity index is 1.48. The summed E-state index contributed by atoms with van der Waals surface area (Å²) in [4.78, 5) is 36.2. The van der Waals surface area contributed by atoms with Crippen LogP contribution in [-0.2, 0) is 16.1 Å². The molecular formula is C25H32ClN5O3. The predicted octanol–water partition coefficient (Wildman–Crippen LogP) is 4.04. The summed E-state index contributed by atoms with van der Waals surface area (Å²) in [5.74, 6) is 0.194. The van der Waals surface area contributed by atoms with Crippen LogP contribution in [0.4, 0.5) is 5.95 Å². The Morgan fingerprint density at radius 2 is 2.06 bits per heavy atom. The van der Waals surface area contributed by atoms with Crippen LogP contribution in [0.15, 0.2) is 24.4 Å². The SMILES string of the molecule is CCCC(C)(C)NC(=O)CN1Cc2ccc(-c3nc(NC4CCOCC4)ncc3Cl)cc2C1=O. The number of benzene rings is 1. The first-order valence-corrected chi connectivity index (χ1v) is 12.2. The van der Waals surface area contributed by atoms with Crippen molar-refractivity contribution in [3.05, 3.63) is 40.5 Å². The summed E-state index contributed by atoms with van der Waals surface area (Å²) in [5, 5.41) is 6.80. The van der Waals surface area contributed by atoms with Gasteiger partial charge in [0, 0.05) is 42.5 Å². The molecule has 0 aliphatic carbocycles. The molecule has 2 N–H and O–H groups in total. The van der Waals surface area contributed by atoms with Crippen LogP contribution in [0.3, 0.4) is 0 Å². The molecule has 0 saturated carbocycles. The quantitative estimate of drug-likeness (QED) is 0.585. The van der Waals surface area contributed by atoms with Gasteiger partial charge in [0.25, 0.3) is 5.91 Å². The first-order chi connectivity index (χ1) is 16.3. The second-order valence-electron chi connectivity index (χ2n) is 9.64. The van der Waals surface area contributed by atoms with E-state index in [0.29, 0.717) is 28.8 Å². The van der Waals surface area contributed by atoms with Gasteiger partial charge in [-0.05, 0) is 44.7 Å². The van der Waals surface area contributed by atoms with Crippen molar-refractivity contribution >= 4 is 29.4 Å². The van der Waals surface area contributed by atoms with E-state index in [9.17, 15) is 9.59 Å². The van der Waals surface area contributed by atoms with Gasteiger partial charge in [-0.25, -0.2) is 9.97 Å². The molecular weight excluding hydrogens is 454 g/mol. The average Bonchev–Trinajstić information content (AvgIpc) is 3.09.